The van der Waals surface area contributed by atoms with Crippen molar-refractivity contribution in [1.82, 2.24) is 4.98 Å². The third-order valence-electron chi connectivity index (χ3n) is 3.69. The maximum absolute atomic E-state index is 5.44. The van der Waals surface area contributed by atoms with Crippen LogP contribution >= 0.6 is 0 Å². The molecule has 1 aromatic carbocycles. The van der Waals surface area contributed by atoms with Gasteiger partial charge in [0.15, 0.2) is 0 Å². The van der Waals surface area contributed by atoms with E-state index in [9.17, 15) is 0 Å². The SMILES string of the molecule is Cc1cccc(NCc2ccccc2N2CCOCC2)n1. The Morgan fingerprint density at radius 3 is 2.71 bits per heavy atom. The Kier molecular flexibility index (Phi) is 4.36. The summed E-state index contributed by atoms with van der Waals surface area (Å²) in [5, 5.41) is 3.41. The van der Waals surface area contributed by atoms with Gasteiger partial charge in [-0.05, 0) is 30.7 Å². The number of ether oxygens (including phenoxy) is 1. The number of pyridine rings is 1. The molecule has 3 rings (SSSR count). The van der Waals surface area contributed by atoms with Crippen LogP contribution in [0.4, 0.5) is 11.5 Å². The topological polar surface area (TPSA) is 37.4 Å². The Balaban J connectivity index is 1.73. The van der Waals surface area contributed by atoms with Crippen molar-refractivity contribution in [2.45, 2.75) is 13.5 Å². The number of hydrogen-bond donors (Lipinski definition) is 1. The van der Waals surface area contributed by atoms with Gasteiger partial charge in [0, 0.05) is 31.0 Å². The lowest BCUT2D eigenvalue weighted by Gasteiger charge is -2.30. The van der Waals surface area contributed by atoms with Crippen molar-refractivity contribution in [3.8, 4) is 0 Å². The van der Waals surface area contributed by atoms with Crippen LogP contribution in [0.5, 0.6) is 0 Å². The van der Waals surface area contributed by atoms with E-state index in [1.807, 2.05) is 25.1 Å². The molecule has 0 atom stereocenters. The Hall–Kier alpha value is -2.07. The largest absolute Gasteiger partial charge is 0.378 e. The summed E-state index contributed by atoms with van der Waals surface area (Å²) < 4.78 is 5.44. The first-order valence-electron chi connectivity index (χ1n) is 7.41. The smallest absolute Gasteiger partial charge is 0.126 e. The van der Waals surface area contributed by atoms with E-state index in [0.717, 1.165) is 44.4 Å². The van der Waals surface area contributed by atoms with Gasteiger partial charge in [-0.1, -0.05) is 24.3 Å². The van der Waals surface area contributed by atoms with Crippen molar-refractivity contribution in [1.29, 1.82) is 0 Å². The number of aryl methyl sites for hydroxylation is 1. The van der Waals surface area contributed by atoms with Gasteiger partial charge < -0.3 is 15.0 Å². The summed E-state index contributed by atoms with van der Waals surface area (Å²) in [6, 6.07) is 14.6. The van der Waals surface area contributed by atoms with Gasteiger partial charge in [-0.25, -0.2) is 4.98 Å². The number of anilines is 2. The number of para-hydroxylation sites is 1. The van der Waals surface area contributed by atoms with E-state index in [2.05, 4.69) is 39.5 Å². The minimum absolute atomic E-state index is 0.782. The molecule has 2 heterocycles. The molecule has 1 aliphatic rings. The van der Waals surface area contributed by atoms with Gasteiger partial charge in [0.1, 0.15) is 5.82 Å². The van der Waals surface area contributed by atoms with Crippen LogP contribution in [0.2, 0.25) is 0 Å². The Bertz CT molecular complexity index is 594. The number of hydrogen-bond acceptors (Lipinski definition) is 4. The van der Waals surface area contributed by atoms with Crippen LogP contribution in [0.3, 0.4) is 0 Å². The third-order valence-corrected chi connectivity index (χ3v) is 3.69. The van der Waals surface area contributed by atoms with Crippen molar-refractivity contribution < 1.29 is 4.74 Å². The molecule has 0 saturated carbocycles. The zero-order valence-corrected chi connectivity index (χ0v) is 12.4. The van der Waals surface area contributed by atoms with E-state index in [-0.39, 0.29) is 0 Å². The highest BCUT2D eigenvalue weighted by atomic mass is 16.5. The molecule has 0 spiro atoms. The summed E-state index contributed by atoms with van der Waals surface area (Å²) in [4.78, 5) is 6.88. The fourth-order valence-corrected chi connectivity index (χ4v) is 2.60. The van der Waals surface area contributed by atoms with Gasteiger partial charge in [-0.15, -0.1) is 0 Å². The van der Waals surface area contributed by atoms with E-state index in [0.29, 0.717) is 0 Å². The molecule has 0 amide bonds. The summed E-state index contributed by atoms with van der Waals surface area (Å²) in [6.07, 6.45) is 0. The van der Waals surface area contributed by atoms with Crippen LogP contribution in [-0.4, -0.2) is 31.3 Å². The van der Waals surface area contributed by atoms with Gasteiger partial charge in [0.25, 0.3) is 0 Å². The predicted molar refractivity (Wildman–Crippen MR) is 85.8 cm³/mol. The molecule has 1 saturated heterocycles. The van der Waals surface area contributed by atoms with Crippen molar-refractivity contribution in [2.75, 3.05) is 36.5 Å². The minimum Gasteiger partial charge on any atom is -0.378 e. The van der Waals surface area contributed by atoms with Crippen molar-refractivity contribution in [3.63, 3.8) is 0 Å². The maximum atomic E-state index is 5.44. The molecular formula is C17H21N3O. The van der Waals surface area contributed by atoms with E-state index < -0.39 is 0 Å². The molecule has 0 aliphatic carbocycles. The summed E-state index contributed by atoms with van der Waals surface area (Å²) >= 11 is 0. The average molecular weight is 283 g/mol. The summed E-state index contributed by atoms with van der Waals surface area (Å²) in [5.74, 6) is 0.923. The maximum Gasteiger partial charge on any atom is 0.126 e. The molecular weight excluding hydrogens is 262 g/mol. The van der Waals surface area contributed by atoms with Gasteiger partial charge in [-0.2, -0.15) is 0 Å². The first-order valence-corrected chi connectivity index (χ1v) is 7.41. The van der Waals surface area contributed by atoms with Crippen LogP contribution in [0, 0.1) is 6.92 Å². The summed E-state index contributed by atoms with van der Waals surface area (Å²) in [6.45, 7) is 6.32. The zero-order chi connectivity index (χ0) is 14.5. The van der Waals surface area contributed by atoms with E-state index in [1.54, 1.807) is 0 Å². The fraction of sp³-hybridized carbons (Fsp3) is 0.353. The number of nitrogens with one attached hydrogen (secondary N) is 1. The van der Waals surface area contributed by atoms with E-state index >= 15 is 0 Å². The molecule has 1 N–H and O–H groups in total. The molecule has 0 radical (unpaired) electrons. The molecule has 21 heavy (non-hydrogen) atoms. The highest BCUT2D eigenvalue weighted by Gasteiger charge is 2.14. The number of rotatable bonds is 4. The zero-order valence-electron chi connectivity index (χ0n) is 12.4. The molecule has 1 aromatic heterocycles. The van der Waals surface area contributed by atoms with Crippen LogP contribution in [-0.2, 0) is 11.3 Å². The van der Waals surface area contributed by atoms with Gasteiger partial charge in [-0.3, -0.25) is 0 Å². The number of morpholine rings is 1. The first-order chi connectivity index (χ1) is 10.3. The fourth-order valence-electron chi connectivity index (χ4n) is 2.60. The van der Waals surface area contributed by atoms with Crippen LogP contribution in [0.1, 0.15) is 11.3 Å². The van der Waals surface area contributed by atoms with Crippen molar-refractivity contribution in [3.05, 3.63) is 53.7 Å². The van der Waals surface area contributed by atoms with Gasteiger partial charge >= 0.3 is 0 Å². The second kappa shape index (κ2) is 6.59. The lowest BCUT2D eigenvalue weighted by molar-refractivity contribution is 0.122. The number of nitrogens with zero attached hydrogens (tertiary/aromatic N) is 2. The molecule has 1 fully saturated rings. The second-order valence-electron chi connectivity index (χ2n) is 5.25. The molecule has 4 heteroatoms. The first kappa shape index (κ1) is 13.9. The third kappa shape index (κ3) is 3.52. The monoisotopic (exact) mass is 283 g/mol. The van der Waals surface area contributed by atoms with Crippen LogP contribution in [0.25, 0.3) is 0 Å². The quantitative estimate of drug-likeness (QED) is 0.936. The second-order valence-corrected chi connectivity index (χ2v) is 5.25. The molecule has 0 unspecified atom stereocenters. The molecule has 0 bridgehead atoms. The van der Waals surface area contributed by atoms with Gasteiger partial charge in [0.2, 0.25) is 0 Å². The highest BCUT2D eigenvalue weighted by Crippen LogP contribution is 2.22. The van der Waals surface area contributed by atoms with Crippen molar-refractivity contribution >= 4 is 11.5 Å². The average Bonchev–Trinajstić information content (AvgIpc) is 2.54. The predicted octanol–water partition coefficient (Wildman–Crippen LogP) is 2.84. The lowest BCUT2D eigenvalue weighted by Crippen LogP contribution is -2.36. The van der Waals surface area contributed by atoms with Crippen LogP contribution < -0.4 is 10.2 Å². The Labute approximate surface area is 125 Å². The number of aromatic nitrogens is 1. The Morgan fingerprint density at radius 1 is 1.10 bits per heavy atom. The molecule has 4 nitrogen and oxygen atoms in total. The van der Waals surface area contributed by atoms with E-state index in [1.165, 1.54) is 11.3 Å². The van der Waals surface area contributed by atoms with Gasteiger partial charge in [0.05, 0.1) is 13.2 Å². The standard InChI is InChI=1S/C17H21N3O/c1-14-5-4-8-17(19-14)18-13-15-6-2-3-7-16(15)20-9-11-21-12-10-20/h2-8H,9-13H2,1H3,(H,18,19). The van der Waals surface area contributed by atoms with E-state index in [4.69, 9.17) is 4.74 Å². The molecule has 2 aromatic rings. The molecule has 1 aliphatic heterocycles. The molecule has 110 valence electrons. The minimum atomic E-state index is 0.782. The summed E-state index contributed by atoms with van der Waals surface area (Å²) in [5.41, 5.74) is 3.62. The summed E-state index contributed by atoms with van der Waals surface area (Å²) in [7, 11) is 0. The Morgan fingerprint density at radius 2 is 1.90 bits per heavy atom. The number of benzene rings is 1. The highest BCUT2D eigenvalue weighted by molar-refractivity contribution is 5.55. The van der Waals surface area contributed by atoms with Crippen molar-refractivity contribution in [2.24, 2.45) is 0 Å². The van der Waals surface area contributed by atoms with Crippen LogP contribution in [0.15, 0.2) is 42.5 Å². The lowest BCUT2D eigenvalue weighted by atomic mass is 10.1. The normalized spacial score (nSPS) is 15.0.